The molecular weight excluding hydrogens is 268 g/mol. The van der Waals surface area contributed by atoms with Gasteiger partial charge in [0.1, 0.15) is 11.6 Å². The molecule has 0 aliphatic carbocycles. The molecule has 3 amide bonds. The fourth-order valence-corrected chi connectivity index (χ4v) is 1.49. The van der Waals surface area contributed by atoms with Gasteiger partial charge in [-0.25, -0.2) is 19.0 Å². The van der Waals surface area contributed by atoms with Crippen molar-refractivity contribution in [1.82, 2.24) is 16.2 Å². The highest BCUT2D eigenvalue weighted by atomic mass is 19.1. The molecule has 5 nitrogen and oxygen atoms in total. The van der Waals surface area contributed by atoms with Crippen LogP contribution in [0.1, 0.15) is 25.3 Å². The number of unbranched alkanes of at least 4 members (excludes halogenated alkanes) is 1. The molecule has 0 atom stereocenters. The van der Waals surface area contributed by atoms with Crippen molar-refractivity contribution in [2.24, 2.45) is 0 Å². The van der Waals surface area contributed by atoms with Crippen molar-refractivity contribution in [3.8, 4) is 0 Å². The molecule has 0 saturated carbocycles. The summed E-state index contributed by atoms with van der Waals surface area (Å²) in [6.07, 6.45) is 1.55. The van der Waals surface area contributed by atoms with Gasteiger partial charge in [0, 0.05) is 12.6 Å². The molecule has 1 aromatic rings. The van der Waals surface area contributed by atoms with E-state index >= 15 is 0 Å². The molecule has 0 bridgehead atoms. The van der Waals surface area contributed by atoms with Crippen molar-refractivity contribution < 1.29 is 18.4 Å². The second kappa shape index (κ2) is 8.08. The van der Waals surface area contributed by atoms with Crippen LogP contribution in [0.15, 0.2) is 18.2 Å². The van der Waals surface area contributed by atoms with Crippen LogP contribution in [0, 0.1) is 11.6 Å². The topological polar surface area (TPSA) is 70.2 Å². The van der Waals surface area contributed by atoms with Crippen LogP contribution in [0.5, 0.6) is 0 Å². The number of urea groups is 1. The fraction of sp³-hybridized carbons (Fsp3) is 0.385. The Kier molecular flexibility index (Phi) is 6.42. The highest BCUT2D eigenvalue weighted by Gasteiger charge is 2.07. The van der Waals surface area contributed by atoms with Gasteiger partial charge in [0.15, 0.2) is 0 Å². The van der Waals surface area contributed by atoms with Gasteiger partial charge in [0.05, 0.1) is 6.42 Å². The van der Waals surface area contributed by atoms with E-state index in [0.717, 1.165) is 31.0 Å². The summed E-state index contributed by atoms with van der Waals surface area (Å²) in [5.74, 6) is -2.07. The highest BCUT2D eigenvalue weighted by molar-refractivity contribution is 5.82. The van der Waals surface area contributed by atoms with Gasteiger partial charge < -0.3 is 5.32 Å². The van der Waals surface area contributed by atoms with Crippen LogP contribution >= 0.6 is 0 Å². The Bertz CT molecular complexity index is 460. The zero-order valence-corrected chi connectivity index (χ0v) is 11.1. The highest BCUT2D eigenvalue weighted by Crippen LogP contribution is 2.08. The number of carbonyl (C=O) groups is 2. The fourth-order valence-electron chi connectivity index (χ4n) is 1.49. The third-order valence-corrected chi connectivity index (χ3v) is 2.42. The van der Waals surface area contributed by atoms with Crippen molar-refractivity contribution in [1.29, 1.82) is 0 Å². The van der Waals surface area contributed by atoms with Crippen LogP contribution in [0.4, 0.5) is 13.6 Å². The monoisotopic (exact) mass is 285 g/mol. The molecule has 20 heavy (non-hydrogen) atoms. The Morgan fingerprint density at radius 3 is 2.35 bits per heavy atom. The first-order valence-electron chi connectivity index (χ1n) is 6.29. The molecule has 0 spiro atoms. The molecule has 0 heterocycles. The predicted octanol–water partition coefficient (Wildman–Crippen LogP) is 1.64. The molecule has 0 unspecified atom stereocenters. The summed E-state index contributed by atoms with van der Waals surface area (Å²) in [7, 11) is 0. The maximum atomic E-state index is 12.9. The second-order valence-electron chi connectivity index (χ2n) is 4.24. The first-order valence-corrected chi connectivity index (χ1v) is 6.29. The smallest absolute Gasteiger partial charge is 0.333 e. The lowest BCUT2D eigenvalue weighted by atomic mass is 10.1. The van der Waals surface area contributed by atoms with Gasteiger partial charge in [-0.3, -0.25) is 10.2 Å². The minimum absolute atomic E-state index is 0.188. The summed E-state index contributed by atoms with van der Waals surface area (Å²) in [6, 6.07) is 2.31. The van der Waals surface area contributed by atoms with Crippen molar-refractivity contribution in [3.63, 3.8) is 0 Å². The summed E-state index contributed by atoms with van der Waals surface area (Å²) in [6.45, 7) is 2.49. The maximum absolute atomic E-state index is 12.9. The average Bonchev–Trinajstić information content (AvgIpc) is 2.35. The van der Waals surface area contributed by atoms with E-state index in [-0.39, 0.29) is 12.0 Å². The summed E-state index contributed by atoms with van der Waals surface area (Å²) in [4.78, 5) is 22.7. The largest absolute Gasteiger partial charge is 0.337 e. The molecular formula is C13H17F2N3O2. The molecule has 0 aliphatic rings. The maximum Gasteiger partial charge on any atom is 0.333 e. The van der Waals surface area contributed by atoms with Gasteiger partial charge in [-0.15, -0.1) is 0 Å². The van der Waals surface area contributed by atoms with E-state index < -0.39 is 23.6 Å². The first-order chi connectivity index (χ1) is 9.51. The minimum atomic E-state index is -0.752. The number of nitrogens with one attached hydrogen (secondary N) is 3. The van der Waals surface area contributed by atoms with Crippen molar-refractivity contribution in [2.45, 2.75) is 26.2 Å². The Balaban J connectivity index is 2.34. The molecule has 0 saturated heterocycles. The van der Waals surface area contributed by atoms with E-state index in [1.54, 1.807) is 0 Å². The van der Waals surface area contributed by atoms with Crippen LogP contribution in [-0.4, -0.2) is 18.5 Å². The third-order valence-electron chi connectivity index (χ3n) is 2.42. The SMILES string of the molecule is CCCCNC(=O)NNC(=O)Cc1cc(F)cc(F)c1. The molecule has 0 fully saturated rings. The molecule has 0 aromatic heterocycles. The van der Waals surface area contributed by atoms with E-state index in [2.05, 4.69) is 16.2 Å². The molecule has 0 radical (unpaired) electrons. The number of benzene rings is 1. The number of rotatable bonds is 5. The average molecular weight is 285 g/mol. The normalized spacial score (nSPS) is 9.95. The Hall–Kier alpha value is -2.18. The van der Waals surface area contributed by atoms with E-state index in [4.69, 9.17) is 0 Å². The van der Waals surface area contributed by atoms with Gasteiger partial charge in [0.2, 0.25) is 5.91 Å². The molecule has 110 valence electrons. The van der Waals surface area contributed by atoms with Crippen LogP contribution < -0.4 is 16.2 Å². The second-order valence-corrected chi connectivity index (χ2v) is 4.24. The van der Waals surface area contributed by atoms with Gasteiger partial charge in [-0.05, 0) is 24.1 Å². The molecule has 1 rings (SSSR count). The minimum Gasteiger partial charge on any atom is -0.337 e. The number of hydrazine groups is 1. The van der Waals surface area contributed by atoms with Gasteiger partial charge in [-0.1, -0.05) is 13.3 Å². The third kappa shape index (κ3) is 6.12. The number of hydrogen-bond acceptors (Lipinski definition) is 2. The number of hydrogen-bond donors (Lipinski definition) is 3. The lowest BCUT2D eigenvalue weighted by Gasteiger charge is -2.08. The molecule has 3 N–H and O–H groups in total. The van der Waals surface area contributed by atoms with Crippen LogP contribution in [-0.2, 0) is 11.2 Å². The summed E-state index contributed by atoms with van der Waals surface area (Å²) < 4.78 is 25.8. The van der Waals surface area contributed by atoms with Crippen LogP contribution in [0.25, 0.3) is 0 Å². The van der Waals surface area contributed by atoms with E-state index in [1.807, 2.05) is 6.92 Å². The van der Waals surface area contributed by atoms with Crippen molar-refractivity contribution in [3.05, 3.63) is 35.4 Å². The molecule has 7 heteroatoms. The lowest BCUT2D eigenvalue weighted by Crippen LogP contribution is -2.47. The van der Waals surface area contributed by atoms with E-state index in [9.17, 15) is 18.4 Å². The van der Waals surface area contributed by atoms with Crippen LogP contribution in [0.2, 0.25) is 0 Å². The lowest BCUT2D eigenvalue weighted by molar-refractivity contribution is -0.121. The summed E-state index contributed by atoms with van der Waals surface area (Å²) in [5.41, 5.74) is 4.49. The standard InChI is InChI=1S/C13H17F2N3O2/c1-2-3-4-16-13(20)18-17-12(19)7-9-5-10(14)8-11(15)6-9/h5-6,8H,2-4,7H2,1H3,(H,17,19)(H2,16,18,20). The number of halogens is 2. The van der Waals surface area contributed by atoms with E-state index in [1.165, 1.54) is 0 Å². The zero-order valence-electron chi connectivity index (χ0n) is 11.1. The van der Waals surface area contributed by atoms with Gasteiger partial charge >= 0.3 is 6.03 Å². The number of amides is 3. The Labute approximate surface area is 115 Å². The van der Waals surface area contributed by atoms with Crippen molar-refractivity contribution >= 4 is 11.9 Å². The van der Waals surface area contributed by atoms with Gasteiger partial charge in [0.25, 0.3) is 0 Å². The van der Waals surface area contributed by atoms with Crippen LogP contribution in [0.3, 0.4) is 0 Å². The quantitative estimate of drug-likeness (QED) is 0.568. The van der Waals surface area contributed by atoms with Crippen molar-refractivity contribution in [2.75, 3.05) is 6.54 Å². The first kappa shape index (κ1) is 15.9. The molecule has 1 aromatic carbocycles. The zero-order chi connectivity index (χ0) is 15.0. The molecule has 0 aliphatic heterocycles. The van der Waals surface area contributed by atoms with Gasteiger partial charge in [-0.2, -0.15) is 0 Å². The van der Waals surface area contributed by atoms with E-state index in [0.29, 0.717) is 6.54 Å². The Morgan fingerprint density at radius 1 is 1.10 bits per heavy atom. The predicted molar refractivity (Wildman–Crippen MR) is 69.6 cm³/mol. The number of carbonyl (C=O) groups excluding carboxylic acids is 2. The summed E-state index contributed by atoms with van der Waals surface area (Å²) >= 11 is 0. The Morgan fingerprint density at radius 2 is 1.75 bits per heavy atom. The summed E-state index contributed by atoms with van der Waals surface area (Å²) in [5, 5.41) is 2.54.